The summed E-state index contributed by atoms with van der Waals surface area (Å²) in [6.07, 6.45) is -11.2. The first-order valence-electron chi connectivity index (χ1n) is 5.23. The average Bonchev–Trinajstić information content (AvgIpc) is 2.24. The van der Waals surface area contributed by atoms with Crippen LogP contribution >= 0.6 is 24.8 Å². The number of hydrogen-bond acceptors (Lipinski definition) is 4. The van der Waals surface area contributed by atoms with Gasteiger partial charge in [0.05, 0.1) is 0 Å². The van der Waals surface area contributed by atoms with Crippen LogP contribution < -0.4 is 20.9 Å². The van der Waals surface area contributed by atoms with Crippen molar-refractivity contribution < 1.29 is 44.6 Å². The zero-order valence-electron chi connectivity index (χ0n) is 11.1. The van der Waals surface area contributed by atoms with Crippen molar-refractivity contribution in [3.63, 3.8) is 0 Å². The van der Waals surface area contributed by atoms with E-state index in [4.69, 9.17) is 0 Å². The molecule has 24 heavy (non-hydrogen) atoms. The Morgan fingerprint density at radius 2 is 0.958 bits per heavy atom. The molecule has 0 heterocycles. The number of nitrogens with two attached hydrogens (primary N) is 2. The summed E-state index contributed by atoms with van der Waals surface area (Å²) in [5, 5.41) is 0. The summed E-state index contributed by atoms with van der Waals surface area (Å²) in [6.45, 7) is 0. The first-order chi connectivity index (χ1) is 9.66. The molecule has 142 valence electrons. The third-order valence-electron chi connectivity index (χ3n) is 2.11. The standard InChI is InChI=1S/C10H8F8N2O2.2ClH/c11-7(12,13)9(17,19)21-5-2-1-3-6(4-5)22-10(18,20)8(14,15)16;;/h1-4H,19-20H2;2*1H. The van der Waals surface area contributed by atoms with Crippen molar-refractivity contribution in [2.75, 3.05) is 0 Å². The lowest BCUT2D eigenvalue weighted by molar-refractivity contribution is -0.301. The third-order valence-corrected chi connectivity index (χ3v) is 2.11. The van der Waals surface area contributed by atoms with Crippen LogP contribution in [0.15, 0.2) is 24.3 Å². The minimum absolute atomic E-state index is 0. The van der Waals surface area contributed by atoms with Crippen molar-refractivity contribution in [2.24, 2.45) is 11.5 Å². The molecule has 0 aliphatic carbocycles. The van der Waals surface area contributed by atoms with E-state index in [-0.39, 0.29) is 24.8 Å². The fraction of sp³-hybridized carbons (Fsp3) is 0.400. The summed E-state index contributed by atoms with van der Waals surface area (Å²) in [5.41, 5.74) is 8.48. The van der Waals surface area contributed by atoms with Crippen LogP contribution in [0, 0.1) is 0 Å². The SMILES string of the molecule is Cl.Cl.NC(F)(Oc1cccc(OC(N)(F)C(F)(F)F)c1)C(F)(F)F. The maximum atomic E-state index is 13.1. The molecular weight excluding hydrogens is 403 g/mol. The molecule has 0 bridgehead atoms. The molecule has 2 unspecified atom stereocenters. The van der Waals surface area contributed by atoms with Crippen molar-refractivity contribution in [3.05, 3.63) is 24.3 Å². The molecule has 0 radical (unpaired) electrons. The van der Waals surface area contributed by atoms with Gasteiger partial charge in [-0.1, -0.05) is 6.07 Å². The Morgan fingerprint density at radius 1 is 0.667 bits per heavy atom. The molecule has 1 aromatic rings. The highest BCUT2D eigenvalue weighted by molar-refractivity contribution is 5.85. The molecule has 0 amide bonds. The fourth-order valence-corrected chi connectivity index (χ4v) is 1.06. The molecule has 0 fully saturated rings. The van der Waals surface area contributed by atoms with E-state index in [1.165, 1.54) is 0 Å². The van der Waals surface area contributed by atoms with Crippen LogP contribution in [-0.2, 0) is 0 Å². The highest BCUT2D eigenvalue weighted by Crippen LogP contribution is 2.35. The minimum atomic E-state index is -5.62. The predicted octanol–water partition coefficient (Wildman–Crippen LogP) is 3.58. The Hall–Kier alpha value is -1.24. The molecule has 0 saturated carbocycles. The molecule has 1 aromatic carbocycles. The number of hydrogen-bond donors (Lipinski definition) is 2. The van der Waals surface area contributed by atoms with Crippen LogP contribution in [0.5, 0.6) is 11.5 Å². The van der Waals surface area contributed by atoms with Crippen LogP contribution in [0.4, 0.5) is 35.1 Å². The molecule has 2 atom stereocenters. The summed E-state index contributed by atoms with van der Waals surface area (Å²) in [6, 6.07) is 2.61. The maximum Gasteiger partial charge on any atom is 0.477 e. The van der Waals surface area contributed by atoms with Gasteiger partial charge < -0.3 is 9.47 Å². The zero-order valence-corrected chi connectivity index (χ0v) is 12.8. The average molecular weight is 413 g/mol. The molecule has 0 aliphatic rings. The second-order valence-electron chi connectivity index (χ2n) is 3.96. The number of halogens is 10. The zero-order chi connectivity index (χ0) is 17.4. The normalized spacial score (nSPS) is 16.8. The highest BCUT2D eigenvalue weighted by Gasteiger charge is 2.57. The van der Waals surface area contributed by atoms with Gasteiger partial charge in [0.25, 0.3) is 0 Å². The van der Waals surface area contributed by atoms with Gasteiger partial charge in [-0.3, -0.25) is 11.5 Å². The van der Waals surface area contributed by atoms with E-state index in [0.29, 0.717) is 6.07 Å². The quantitative estimate of drug-likeness (QED) is 0.450. The molecular formula is C10H10Cl2F8N2O2. The molecule has 14 heteroatoms. The topological polar surface area (TPSA) is 70.5 Å². The molecule has 4 N–H and O–H groups in total. The Labute approximate surface area is 141 Å². The van der Waals surface area contributed by atoms with E-state index < -0.39 is 35.8 Å². The van der Waals surface area contributed by atoms with E-state index in [1.807, 2.05) is 0 Å². The Balaban J connectivity index is 0. The van der Waals surface area contributed by atoms with E-state index in [0.717, 1.165) is 18.2 Å². The Bertz CT molecular complexity index is 493. The molecule has 0 spiro atoms. The van der Waals surface area contributed by atoms with Crippen molar-refractivity contribution in [3.8, 4) is 11.5 Å². The van der Waals surface area contributed by atoms with Crippen LogP contribution in [0.2, 0.25) is 0 Å². The van der Waals surface area contributed by atoms with Gasteiger partial charge in [0.1, 0.15) is 11.5 Å². The van der Waals surface area contributed by atoms with Crippen molar-refractivity contribution in [1.82, 2.24) is 0 Å². The van der Waals surface area contributed by atoms with Crippen LogP contribution in [0.3, 0.4) is 0 Å². The van der Waals surface area contributed by atoms with Crippen molar-refractivity contribution >= 4 is 24.8 Å². The molecule has 0 aliphatic heterocycles. The molecule has 1 rings (SSSR count). The summed E-state index contributed by atoms with van der Waals surface area (Å²) in [4.78, 5) is 0. The van der Waals surface area contributed by atoms with Gasteiger partial charge >= 0.3 is 24.3 Å². The van der Waals surface area contributed by atoms with E-state index in [1.54, 1.807) is 0 Å². The van der Waals surface area contributed by atoms with E-state index in [2.05, 4.69) is 20.9 Å². The number of benzene rings is 1. The maximum absolute atomic E-state index is 13.1. The first kappa shape index (κ1) is 25.0. The van der Waals surface area contributed by atoms with E-state index >= 15 is 0 Å². The summed E-state index contributed by atoms with van der Waals surface area (Å²) < 4.78 is 107. The van der Waals surface area contributed by atoms with Gasteiger partial charge in [-0.05, 0) is 12.1 Å². The lowest BCUT2D eigenvalue weighted by atomic mass is 10.3. The van der Waals surface area contributed by atoms with Crippen LogP contribution in [0.25, 0.3) is 0 Å². The Morgan fingerprint density at radius 3 is 1.21 bits per heavy atom. The van der Waals surface area contributed by atoms with Gasteiger partial charge in [0, 0.05) is 6.07 Å². The smallest absolute Gasteiger partial charge is 0.439 e. The second kappa shape index (κ2) is 7.76. The van der Waals surface area contributed by atoms with Crippen molar-refractivity contribution in [2.45, 2.75) is 24.3 Å². The number of rotatable bonds is 4. The third kappa shape index (κ3) is 6.00. The predicted molar refractivity (Wildman–Crippen MR) is 70.4 cm³/mol. The van der Waals surface area contributed by atoms with Crippen molar-refractivity contribution in [1.29, 1.82) is 0 Å². The van der Waals surface area contributed by atoms with Gasteiger partial charge in [-0.2, -0.15) is 35.1 Å². The molecule has 0 saturated heterocycles. The second-order valence-corrected chi connectivity index (χ2v) is 3.96. The van der Waals surface area contributed by atoms with Gasteiger partial charge in [0.2, 0.25) is 0 Å². The first-order valence-corrected chi connectivity index (χ1v) is 5.23. The van der Waals surface area contributed by atoms with Gasteiger partial charge in [0.15, 0.2) is 0 Å². The van der Waals surface area contributed by atoms with Crippen LogP contribution in [-0.4, -0.2) is 24.3 Å². The number of alkyl halides is 8. The number of ether oxygens (including phenoxy) is 2. The molecule has 0 aromatic heterocycles. The molecule has 4 nitrogen and oxygen atoms in total. The Kier molecular flexibility index (Phi) is 8.09. The van der Waals surface area contributed by atoms with E-state index in [9.17, 15) is 35.1 Å². The highest BCUT2D eigenvalue weighted by atomic mass is 35.5. The lowest BCUT2D eigenvalue weighted by Gasteiger charge is -2.25. The summed E-state index contributed by atoms with van der Waals surface area (Å²) in [5.74, 6) is -11.1. The largest absolute Gasteiger partial charge is 0.477 e. The fourth-order valence-electron chi connectivity index (χ4n) is 1.06. The van der Waals surface area contributed by atoms with Gasteiger partial charge in [-0.25, -0.2) is 0 Å². The van der Waals surface area contributed by atoms with Crippen LogP contribution in [0.1, 0.15) is 0 Å². The van der Waals surface area contributed by atoms with Gasteiger partial charge in [-0.15, -0.1) is 24.8 Å². The summed E-state index contributed by atoms with van der Waals surface area (Å²) >= 11 is 0. The minimum Gasteiger partial charge on any atom is -0.439 e. The lowest BCUT2D eigenvalue weighted by Crippen LogP contribution is -2.54. The summed E-state index contributed by atoms with van der Waals surface area (Å²) in [7, 11) is 0. The monoisotopic (exact) mass is 412 g/mol.